The van der Waals surface area contributed by atoms with Gasteiger partial charge in [-0.15, -0.1) is 11.3 Å². The summed E-state index contributed by atoms with van der Waals surface area (Å²) in [6.07, 6.45) is 0. The minimum Gasteiger partial charge on any atom is -0.508 e. The second kappa shape index (κ2) is 4.28. The van der Waals surface area contributed by atoms with Crippen LogP contribution in [0.3, 0.4) is 0 Å². The third kappa shape index (κ3) is 1.82. The first-order valence-corrected chi connectivity index (χ1v) is 7.07. The lowest BCUT2D eigenvalue weighted by Crippen LogP contribution is -1.84. The lowest BCUT2D eigenvalue weighted by Gasteiger charge is -2.00. The van der Waals surface area contributed by atoms with Crippen molar-refractivity contribution in [2.24, 2.45) is 0 Å². The average Bonchev–Trinajstić information content (AvgIpc) is 2.90. The molecule has 0 amide bonds. The molecule has 0 saturated carbocycles. The smallest absolute Gasteiger partial charge is 0.143 e. The highest BCUT2D eigenvalue weighted by Crippen LogP contribution is 2.30. The highest BCUT2D eigenvalue weighted by Gasteiger charge is 2.08. The summed E-state index contributed by atoms with van der Waals surface area (Å²) in [7, 11) is 0. The summed E-state index contributed by atoms with van der Waals surface area (Å²) in [5, 5.41) is 11.3. The normalized spacial score (nSPS) is 11.2. The number of para-hydroxylation sites is 1. The summed E-state index contributed by atoms with van der Waals surface area (Å²) in [4.78, 5) is 9.23. The lowest BCUT2D eigenvalue weighted by atomic mass is 10.2. The number of thiazole rings is 1. The Balaban J connectivity index is 1.90. The van der Waals surface area contributed by atoms with E-state index >= 15 is 0 Å². The van der Waals surface area contributed by atoms with Gasteiger partial charge >= 0.3 is 0 Å². The maximum atomic E-state index is 9.47. The Bertz CT molecular complexity index is 897. The van der Waals surface area contributed by atoms with Crippen molar-refractivity contribution in [3.8, 4) is 16.5 Å². The number of hydrogen-bond donors (Lipinski definition) is 1. The molecule has 0 aliphatic carbocycles. The van der Waals surface area contributed by atoms with E-state index in [0.717, 1.165) is 31.8 Å². The summed E-state index contributed by atoms with van der Waals surface area (Å²) in [6.45, 7) is 0. The molecule has 2 heterocycles. The predicted octanol–water partition coefficient (Wildman–Crippen LogP) is 4.22. The van der Waals surface area contributed by atoms with Crippen LogP contribution in [0.15, 0.2) is 54.6 Å². The predicted molar refractivity (Wildman–Crippen MR) is 82.0 cm³/mol. The van der Waals surface area contributed by atoms with Crippen LogP contribution in [0.1, 0.15) is 0 Å². The summed E-state index contributed by atoms with van der Waals surface area (Å²) in [6, 6.07) is 17.2. The van der Waals surface area contributed by atoms with E-state index in [2.05, 4.69) is 16.0 Å². The first-order chi connectivity index (χ1) is 9.79. The molecule has 0 unspecified atom stereocenters. The highest BCUT2D eigenvalue weighted by molar-refractivity contribution is 7.21. The van der Waals surface area contributed by atoms with Crippen molar-refractivity contribution in [1.29, 1.82) is 0 Å². The molecule has 0 aliphatic heterocycles. The molecular formula is C16H10N2OS. The zero-order chi connectivity index (χ0) is 13.5. The van der Waals surface area contributed by atoms with Crippen LogP contribution >= 0.6 is 11.3 Å². The fourth-order valence-corrected chi connectivity index (χ4v) is 3.15. The third-order valence-corrected chi connectivity index (χ3v) is 4.24. The Labute approximate surface area is 119 Å². The number of phenols is 1. The van der Waals surface area contributed by atoms with Gasteiger partial charge in [0, 0.05) is 5.39 Å². The van der Waals surface area contributed by atoms with Gasteiger partial charge in [-0.1, -0.05) is 18.2 Å². The molecule has 0 fully saturated rings. The summed E-state index contributed by atoms with van der Waals surface area (Å²) in [5.41, 5.74) is 2.73. The van der Waals surface area contributed by atoms with Gasteiger partial charge in [0.2, 0.25) is 0 Å². The van der Waals surface area contributed by atoms with Crippen molar-refractivity contribution in [3.05, 3.63) is 54.6 Å². The zero-order valence-electron chi connectivity index (χ0n) is 10.4. The number of rotatable bonds is 1. The average molecular weight is 278 g/mol. The quantitative estimate of drug-likeness (QED) is 0.567. The van der Waals surface area contributed by atoms with Crippen molar-refractivity contribution in [1.82, 2.24) is 9.97 Å². The van der Waals surface area contributed by atoms with E-state index in [1.54, 1.807) is 23.5 Å². The van der Waals surface area contributed by atoms with E-state index in [1.807, 2.05) is 36.4 Å². The summed E-state index contributed by atoms with van der Waals surface area (Å²) >= 11 is 1.64. The van der Waals surface area contributed by atoms with Crippen LogP contribution < -0.4 is 0 Å². The van der Waals surface area contributed by atoms with Crippen LogP contribution in [0.5, 0.6) is 5.75 Å². The van der Waals surface area contributed by atoms with E-state index in [9.17, 15) is 5.11 Å². The number of fused-ring (bicyclic) bond motifs is 2. The Morgan fingerprint density at radius 2 is 1.75 bits per heavy atom. The Hall–Kier alpha value is -2.46. The van der Waals surface area contributed by atoms with Gasteiger partial charge in [-0.25, -0.2) is 9.97 Å². The van der Waals surface area contributed by atoms with Crippen LogP contribution in [0, 0.1) is 0 Å². The molecule has 20 heavy (non-hydrogen) atoms. The minimum absolute atomic E-state index is 0.257. The van der Waals surface area contributed by atoms with Crippen molar-refractivity contribution < 1.29 is 5.11 Å². The molecule has 4 rings (SSSR count). The van der Waals surface area contributed by atoms with Crippen molar-refractivity contribution >= 4 is 32.5 Å². The summed E-state index contributed by atoms with van der Waals surface area (Å²) < 4.78 is 1.16. The van der Waals surface area contributed by atoms with Crippen LogP contribution in [-0.4, -0.2) is 15.1 Å². The van der Waals surface area contributed by atoms with Crippen LogP contribution in [0.2, 0.25) is 0 Å². The second-order valence-corrected chi connectivity index (χ2v) is 5.59. The van der Waals surface area contributed by atoms with E-state index in [-0.39, 0.29) is 5.75 Å². The number of pyridine rings is 1. The number of phenolic OH excluding ortho intramolecular Hbond substituents is 1. The molecule has 2 aromatic heterocycles. The van der Waals surface area contributed by atoms with Gasteiger partial charge in [0.05, 0.1) is 21.4 Å². The molecule has 0 radical (unpaired) electrons. The minimum atomic E-state index is 0.257. The monoisotopic (exact) mass is 278 g/mol. The molecule has 96 valence electrons. The molecule has 0 aliphatic rings. The first-order valence-electron chi connectivity index (χ1n) is 6.25. The van der Waals surface area contributed by atoms with Crippen molar-refractivity contribution in [2.75, 3.05) is 0 Å². The number of benzene rings is 2. The number of hydrogen-bond acceptors (Lipinski definition) is 4. The molecule has 4 aromatic rings. The number of nitrogens with zero attached hydrogens (tertiary/aromatic N) is 2. The molecule has 3 nitrogen and oxygen atoms in total. The van der Waals surface area contributed by atoms with E-state index in [4.69, 9.17) is 0 Å². The van der Waals surface area contributed by atoms with Gasteiger partial charge in [0.25, 0.3) is 0 Å². The largest absolute Gasteiger partial charge is 0.508 e. The maximum absolute atomic E-state index is 9.47. The van der Waals surface area contributed by atoms with Crippen LogP contribution in [0.4, 0.5) is 0 Å². The Morgan fingerprint density at radius 3 is 2.65 bits per heavy atom. The molecule has 1 N–H and O–H groups in total. The van der Waals surface area contributed by atoms with Crippen LogP contribution in [0.25, 0.3) is 31.8 Å². The van der Waals surface area contributed by atoms with Gasteiger partial charge in [0.1, 0.15) is 10.8 Å². The lowest BCUT2D eigenvalue weighted by molar-refractivity contribution is 0.476. The fraction of sp³-hybridized carbons (Fsp3) is 0. The molecular weight excluding hydrogens is 268 g/mol. The maximum Gasteiger partial charge on any atom is 0.143 e. The van der Waals surface area contributed by atoms with E-state index < -0.39 is 0 Å². The molecule has 4 heteroatoms. The van der Waals surface area contributed by atoms with Gasteiger partial charge < -0.3 is 5.11 Å². The standard InChI is InChI=1S/C16H10N2OS/c19-11-6-8-12-10(9-11)5-7-14(17-12)16-18-13-3-1-2-4-15(13)20-16/h1-9,19H. The Kier molecular flexibility index (Phi) is 2.44. The number of aromatic hydroxyl groups is 1. The van der Waals surface area contributed by atoms with Gasteiger partial charge in [0.15, 0.2) is 0 Å². The van der Waals surface area contributed by atoms with E-state index in [0.29, 0.717) is 0 Å². The second-order valence-electron chi connectivity index (χ2n) is 4.56. The van der Waals surface area contributed by atoms with Crippen molar-refractivity contribution in [3.63, 3.8) is 0 Å². The fourth-order valence-electron chi connectivity index (χ4n) is 2.21. The van der Waals surface area contributed by atoms with Gasteiger partial charge in [-0.3, -0.25) is 0 Å². The Morgan fingerprint density at radius 1 is 0.850 bits per heavy atom. The van der Waals surface area contributed by atoms with Gasteiger partial charge in [-0.2, -0.15) is 0 Å². The zero-order valence-corrected chi connectivity index (χ0v) is 11.3. The summed E-state index contributed by atoms with van der Waals surface area (Å²) in [5.74, 6) is 0.257. The molecule has 0 saturated heterocycles. The molecule has 2 aromatic carbocycles. The topological polar surface area (TPSA) is 46.0 Å². The molecule has 0 spiro atoms. The third-order valence-electron chi connectivity index (χ3n) is 3.19. The first kappa shape index (κ1) is 11.4. The highest BCUT2D eigenvalue weighted by atomic mass is 32.1. The SMILES string of the molecule is Oc1ccc2nc(-c3nc4ccccc4s3)ccc2c1. The van der Waals surface area contributed by atoms with Crippen LogP contribution in [-0.2, 0) is 0 Å². The van der Waals surface area contributed by atoms with Crippen molar-refractivity contribution in [2.45, 2.75) is 0 Å². The number of aromatic nitrogens is 2. The van der Waals surface area contributed by atoms with Gasteiger partial charge in [-0.05, 0) is 36.4 Å². The van der Waals surface area contributed by atoms with E-state index in [1.165, 1.54) is 0 Å². The molecule has 0 atom stereocenters. The molecule has 0 bridgehead atoms.